The molecule has 11 heteroatoms. The third-order valence-electron chi connectivity index (χ3n) is 6.23. The predicted octanol–water partition coefficient (Wildman–Crippen LogP) is 2.17. The fraction of sp³-hybridized carbons (Fsp3) is 0.682. The van der Waals surface area contributed by atoms with Gasteiger partial charge < -0.3 is 20.4 Å². The Morgan fingerprint density at radius 2 is 1.70 bits per heavy atom. The normalized spacial score (nSPS) is 24.2. The standard InChI is InChI=1S/C22H33F2NO7S/c23-14-7-10-21(18(24)11-14)33(31,32)25-13-15(26)8-9-17-16(19(27)12-20(17)28)5-3-1-2-4-6-22(29)30/h7,10-11,15-17,19-20,25-28H,1-6,8-9,12-13H2,(H,29,30)/t15?,16-,17-,19+,20-/m1/s1. The van der Waals surface area contributed by atoms with Crippen molar-refractivity contribution in [3.8, 4) is 0 Å². The van der Waals surface area contributed by atoms with E-state index in [9.17, 15) is 37.3 Å². The van der Waals surface area contributed by atoms with E-state index >= 15 is 0 Å². The van der Waals surface area contributed by atoms with Gasteiger partial charge in [-0.25, -0.2) is 21.9 Å². The zero-order valence-electron chi connectivity index (χ0n) is 18.4. The SMILES string of the molecule is O=C(O)CCCCCC[C@@H]1[C@@H](CCC(O)CNS(=O)(=O)c2ccc(F)cc2F)[C@H](O)C[C@@H]1O. The first-order chi connectivity index (χ1) is 15.5. The van der Waals surface area contributed by atoms with Crippen molar-refractivity contribution < 1.29 is 42.4 Å². The summed E-state index contributed by atoms with van der Waals surface area (Å²) >= 11 is 0. The van der Waals surface area contributed by atoms with Crippen molar-refractivity contribution in [1.29, 1.82) is 0 Å². The molecule has 1 aromatic rings. The van der Waals surface area contributed by atoms with Crippen LogP contribution in [0.25, 0.3) is 0 Å². The molecule has 1 unspecified atom stereocenters. The zero-order chi connectivity index (χ0) is 24.6. The predicted molar refractivity (Wildman–Crippen MR) is 116 cm³/mol. The molecule has 33 heavy (non-hydrogen) atoms. The Balaban J connectivity index is 1.80. The monoisotopic (exact) mass is 493 g/mol. The minimum atomic E-state index is -4.27. The second-order valence-corrected chi connectivity index (χ2v) is 10.4. The van der Waals surface area contributed by atoms with Gasteiger partial charge in [0.05, 0.1) is 18.3 Å². The van der Waals surface area contributed by atoms with Gasteiger partial charge in [-0.3, -0.25) is 4.79 Å². The summed E-state index contributed by atoms with van der Waals surface area (Å²) in [6.07, 6.45) is 2.06. The Morgan fingerprint density at radius 3 is 2.33 bits per heavy atom. The van der Waals surface area contributed by atoms with Gasteiger partial charge in [-0.05, 0) is 56.1 Å². The van der Waals surface area contributed by atoms with Crippen molar-refractivity contribution in [3.05, 3.63) is 29.8 Å². The molecular weight excluding hydrogens is 460 g/mol. The van der Waals surface area contributed by atoms with Crippen LogP contribution >= 0.6 is 0 Å². The van der Waals surface area contributed by atoms with Crippen molar-refractivity contribution in [3.63, 3.8) is 0 Å². The lowest BCUT2D eigenvalue weighted by Gasteiger charge is -2.24. The number of carboxylic acids is 1. The number of hydrogen-bond donors (Lipinski definition) is 5. The molecule has 0 radical (unpaired) electrons. The summed E-state index contributed by atoms with van der Waals surface area (Å²) in [7, 11) is -4.27. The number of unbranched alkanes of at least 4 members (excludes halogenated alkanes) is 3. The number of aliphatic hydroxyl groups excluding tert-OH is 3. The average molecular weight is 494 g/mol. The zero-order valence-corrected chi connectivity index (χ0v) is 19.2. The summed E-state index contributed by atoms with van der Waals surface area (Å²) in [4.78, 5) is 9.83. The summed E-state index contributed by atoms with van der Waals surface area (Å²) < 4.78 is 53.3. The molecule has 0 heterocycles. The van der Waals surface area contributed by atoms with Gasteiger partial charge >= 0.3 is 5.97 Å². The van der Waals surface area contributed by atoms with Crippen LogP contribution in [0.15, 0.2) is 23.1 Å². The number of sulfonamides is 1. The van der Waals surface area contributed by atoms with Crippen LogP contribution in [-0.2, 0) is 14.8 Å². The molecule has 5 N–H and O–H groups in total. The quantitative estimate of drug-likeness (QED) is 0.250. The minimum absolute atomic E-state index is 0.128. The number of aliphatic carboxylic acids is 1. The summed E-state index contributed by atoms with van der Waals surface area (Å²) in [5.74, 6) is -3.37. The Labute approximate surface area is 192 Å². The highest BCUT2D eigenvalue weighted by Gasteiger charge is 2.40. The lowest BCUT2D eigenvalue weighted by Crippen LogP contribution is -2.33. The van der Waals surface area contributed by atoms with Gasteiger partial charge in [0.1, 0.15) is 16.5 Å². The van der Waals surface area contributed by atoms with Crippen LogP contribution in [0.1, 0.15) is 57.8 Å². The van der Waals surface area contributed by atoms with Crippen LogP contribution in [0.2, 0.25) is 0 Å². The van der Waals surface area contributed by atoms with E-state index in [4.69, 9.17) is 5.11 Å². The summed E-state index contributed by atoms with van der Waals surface area (Å²) in [6.45, 7) is -0.376. The van der Waals surface area contributed by atoms with Crippen molar-refractivity contribution >= 4 is 16.0 Å². The lowest BCUT2D eigenvalue weighted by molar-refractivity contribution is -0.137. The lowest BCUT2D eigenvalue weighted by atomic mass is 9.85. The van der Waals surface area contributed by atoms with E-state index in [-0.39, 0.29) is 37.6 Å². The first kappa shape index (κ1) is 27.6. The van der Waals surface area contributed by atoms with Gasteiger partial charge in [0.2, 0.25) is 10.0 Å². The minimum Gasteiger partial charge on any atom is -0.481 e. The fourth-order valence-corrected chi connectivity index (χ4v) is 5.58. The van der Waals surface area contributed by atoms with Crippen molar-refractivity contribution in [1.82, 2.24) is 4.72 Å². The fourth-order valence-electron chi connectivity index (χ4n) is 4.45. The molecule has 1 saturated carbocycles. The van der Waals surface area contributed by atoms with Crippen LogP contribution in [0.4, 0.5) is 8.78 Å². The molecule has 1 aliphatic rings. The van der Waals surface area contributed by atoms with Crippen molar-refractivity contribution in [2.45, 2.75) is 81.0 Å². The number of aliphatic hydroxyl groups is 3. The van der Waals surface area contributed by atoms with Gasteiger partial charge in [0.25, 0.3) is 0 Å². The van der Waals surface area contributed by atoms with E-state index in [2.05, 4.69) is 4.72 Å². The second kappa shape index (κ2) is 12.7. The van der Waals surface area contributed by atoms with Gasteiger partial charge in [0.15, 0.2) is 0 Å². The molecule has 5 atom stereocenters. The number of nitrogens with one attached hydrogen (secondary N) is 1. The number of halogens is 2. The third kappa shape index (κ3) is 8.56. The highest BCUT2D eigenvalue weighted by atomic mass is 32.2. The molecule has 0 aliphatic heterocycles. The van der Waals surface area contributed by atoms with Crippen LogP contribution in [0.5, 0.6) is 0 Å². The van der Waals surface area contributed by atoms with E-state index in [0.29, 0.717) is 25.3 Å². The van der Waals surface area contributed by atoms with Gasteiger partial charge in [0, 0.05) is 19.0 Å². The van der Waals surface area contributed by atoms with Gasteiger partial charge in [-0.2, -0.15) is 0 Å². The van der Waals surface area contributed by atoms with E-state index in [1.165, 1.54) is 0 Å². The maximum atomic E-state index is 13.8. The van der Waals surface area contributed by atoms with E-state index in [1.807, 2.05) is 0 Å². The summed E-state index contributed by atoms with van der Waals surface area (Å²) in [5.41, 5.74) is 0. The van der Waals surface area contributed by atoms with E-state index in [1.54, 1.807) is 0 Å². The molecule has 0 saturated heterocycles. The summed E-state index contributed by atoms with van der Waals surface area (Å²) in [5, 5.41) is 39.5. The molecule has 188 valence electrons. The van der Waals surface area contributed by atoms with Crippen molar-refractivity contribution in [2.24, 2.45) is 11.8 Å². The molecule has 1 fully saturated rings. The van der Waals surface area contributed by atoms with Crippen LogP contribution in [0.3, 0.4) is 0 Å². The van der Waals surface area contributed by atoms with Crippen LogP contribution < -0.4 is 4.72 Å². The Hall–Kier alpha value is -1.66. The van der Waals surface area contributed by atoms with Crippen molar-refractivity contribution in [2.75, 3.05) is 6.54 Å². The molecule has 0 spiro atoms. The highest BCUT2D eigenvalue weighted by molar-refractivity contribution is 7.89. The molecule has 1 aliphatic carbocycles. The third-order valence-corrected chi connectivity index (χ3v) is 7.68. The van der Waals surface area contributed by atoms with Crippen LogP contribution in [-0.4, -0.2) is 59.7 Å². The smallest absolute Gasteiger partial charge is 0.303 e. The Kier molecular flexibility index (Phi) is 10.6. The second-order valence-electron chi connectivity index (χ2n) is 8.70. The molecular formula is C22H33F2NO7S. The molecule has 0 bridgehead atoms. The molecule has 0 amide bonds. The first-order valence-electron chi connectivity index (χ1n) is 11.2. The maximum Gasteiger partial charge on any atom is 0.303 e. The largest absolute Gasteiger partial charge is 0.481 e. The van der Waals surface area contributed by atoms with Crippen LogP contribution in [0, 0.1) is 23.5 Å². The Bertz CT molecular complexity index is 883. The van der Waals surface area contributed by atoms with E-state index < -0.39 is 50.8 Å². The molecule has 0 aromatic heterocycles. The molecule has 1 aromatic carbocycles. The number of rotatable bonds is 14. The Morgan fingerprint density at radius 1 is 1.06 bits per heavy atom. The number of carbonyl (C=O) groups is 1. The number of hydrogen-bond acceptors (Lipinski definition) is 6. The number of carboxylic acid groups (broad SMARTS) is 1. The van der Waals surface area contributed by atoms with Gasteiger partial charge in [-0.1, -0.05) is 19.3 Å². The average Bonchev–Trinajstić information content (AvgIpc) is 2.99. The van der Waals surface area contributed by atoms with E-state index in [0.717, 1.165) is 31.4 Å². The summed E-state index contributed by atoms with van der Waals surface area (Å²) in [6, 6.07) is 2.10. The highest BCUT2D eigenvalue weighted by Crippen LogP contribution is 2.39. The maximum absolute atomic E-state index is 13.8. The number of benzene rings is 1. The topological polar surface area (TPSA) is 144 Å². The molecule has 2 rings (SSSR count). The molecule has 8 nitrogen and oxygen atoms in total. The van der Waals surface area contributed by atoms with Gasteiger partial charge in [-0.15, -0.1) is 0 Å². The first-order valence-corrected chi connectivity index (χ1v) is 12.7.